The van der Waals surface area contributed by atoms with Crippen molar-refractivity contribution in [2.24, 2.45) is 17.6 Å². The highest BCUT2D eigenvalue weighted by atomic mass is 79.9. The van der Waals surface area contributed by atoms with E-state index in [0.29, 0.717) is 11.8 Å². The molecule has 0 aliphatic carbocycles. The highest BCUT2D eigenvalue weighted by Crippen LogP contribution is 2.26. The number of nitrogens with two attached hydrogens (primary N) is 1. The lowest BCUT2D eigenvalue weighted by atomic mass is 9.87. The molecule has 1 rings (SSSR count). The fourth-order valence-corrected chi connectivity index (χ4v) is 1.85. The van der Waals surface area contributed by atoms with Crippen molar-refractivity contribution in [3.63, 3.8) is 0 Å². The van der Waals surface area contributed by atoms with Crippen LogP contribution < -0.4 is 5.73 Å². The largest absolute Gasteiger partial charge is 0.324 e. The Kier molecular flexibility index (Phi) is 4.14. The van der Waals surface area contributed by atoms with E-state index in [0.717, 1.165) is 4.47 Å². The van der Waals surface area contributed by atoms with E-state index in [4.69, 9.17) is 5.73 Å². The molecule has 1 aromatic carbocycles. The first-order valence-electron chi connectivity index (χ1n) is 5.03. The molecular weight excluding hydrogens is 238 g/mol. The topological polar surface area (TPSA) is 26.0 Å². The Labute approximate surface area is 94.8 Å². The summed E-state index contributed by atoms with van der Waals surface area (Å²) in [5, 5.41) is 0. The van der Waals surface area contributed by atoms with E-state index in [1.54, 1.807) is 0 Å². The third kappa shape index (κ3) is 2.82. The number of hydrogen-bond acceptors (Lipinski definition) is 1. The molecule has 0 aromatic heterocycles. The second-order valence-electron chi connectivity index (χ2n) is 4.18. The zero-order valence-electron chi connectivity index (χ0n) is 9.00. The zero-order chi connectivity index (χ0) is 10.7. The molecule has 1 nitrogen and oxygen atoms in total. The number of benzene rings is 1. The summed E-state index contributed by atoms with van der Waals surface area (Å²) in [6.45, 7) is 6.63. The summed E-state index contributed by atoms with van der Waals surface area (Å²) < 4.78 is 1.10. The van der Waals surface area contributed by atoms with Gasteiger partial charge < -0.3 is 5.73 Å². The van der Waals surface area contributed by atoms with Crippen LogP contribution in [0.2, 0.25) is 0 Å². The summed E-state index contributed by atoms with van der Waals surface area (Å²) >= 11 is 3.46. The molecule has 0 fully saturated rings. The number of hydrogen-bond donors (Lipinski definition) is 1. The molecule has 1 aromatic rings. The van der Waals surface area contributed by atoms with E-state index in [-0.39, 0.29) is 6.04 Å². The third-order valence-electron chi connectivity index (χ3n) is 2.85. The molecule has 0 saturated carbocycles. The van der Waals surface area contributed by atoms with Gasteiger partial charge in [-0.1, -0.05) is 48.8 Å². The van der Waals surface area contributed by atoms with Crippen molar-refractivity contribution >= 4 is 15.9 Å². The minimum atomic E-state index is 0.132. The first kappa shape index (κ1) is 11.7. The van der Waals surface area contributed by atoms with Crippen molar-refractivity contribution in [3.05, 3.63) is 34.3 Å². The molecule has 2 heteroatoms. The van der Waals surface area contributed by atoms with Crippen LogP contribution in [0.4, 0.5) is 0 Å². The molecule has 0 aliphatic heterocycles. The standard InChI is InChI=1S/C12H18BrN/c1-8(2)9(3)12(14)10-5-4-6-11(13)7-10/h4-9,12H,14H2,1-3H3. The monoisotopic (exact) mass is 255 g/mol. The molecule has 0 aliphatic rings. The molecule has 0 amide bonds. The zero-order valence-corrected chi connectivity index (χ0v) is 10.6. The first-order valence-corrected chi connectivity index (χ1v) is 5.82. The van der Waals surface area contributed by atoms with Gasteiger partial charge in [-0.2, -0.15) is 0 Å². The van der Waals surface area contributed by atoms with E-state index in [1.807, 2.05) is 12.1 Å². The Bertz CT molecular complexity index is 296. The average molecular weight is 256 g/mol. The quantitative estimate of drug-likeness (QED) is 0.875. The molecule has 14 heavy (non-hydrogen) atoms. The minimum Gasteiger partial charge on any atom is -0.324 e. The summed E-state index contributed by atoms with van der Waals surface area (Å²) in [4.78, 5) is 0. The maximum Gasteiger partial charge on any atom is 0.0323 e. The summed E-state index contributed by atoms with van der Waals surface area (Å²) in [5.74, 6) is 1.12. The second kappa shape index (κ2) is 4.94. The van der Waals surface area contributed by atoms with Gasteiger partial charge in [-0.15, -0.1) is 0 Å². The lowest BCUT2D eigenvalue weighted by Crippen LogP contribution is -2.22. The fourth-order valence-electron chi connectivity index (χ4n) is 1.43. The van der Waals surface area contributed by atoms with E-state index < -0.39 is 0 Å². The van der Waals surface area contributed by atoms with E-state index in [1.165, 1.54) is 5.56 Å². The Morgan fingerprint density at radius 1 is 1.21 bits per heavy atom. The van der Waals surface area contributed by atoms with Gasteiger partial charge in [0.1, 0.15) is 0 Å². The molecule has 2 N–H and O–H groups in total. The molecule has 0 radical (unpaired) electrons. The summed E-state index contributed by atoms with van der Waals surface area (Å²) in [6.07, 6.45) is 0. The van der Waals surface area contributed by atoms with Gasteiger partial charge in [0.2, 0.25) is 0 Å². The summed E-state index contributed by atoms with van der Waals surface area (Å²) in [7, 11) is 0. The van der Waals surface area contributed by atoms with Gasteiger partial charge in [0.25, 0.3) is 0 Å². The van der Waals surface area contributed by atoms with Crippen LogP contribution in [-0.4, -0.2) is 0 Å². The highest BCUT2D eigenvalue weighted by Gasteiger charge is 2.17. The van der Waals surface area contributed by atoms with Crippen molar-refractivity contribution in [2.75, 3.05) is 0 Å². The van der Waals surface area contributed by atoms with Crippen LogP contribution in [0.1, 0.15) is 32.4 Å². The van der Waals surface area contributed by atoms with Crippen LogP contribution in [0.3, 0.4) is 0 Å². The lowest BCUT2D eigenvalue weighted by Gasteiger charge is -2.23. The Balaban J connectivity index is 2.83. The van der Waals surface area contributed by atoms with E-state index in [9.17, 15) is 0 Å². The number of rotatable bonds is 3. The predicted molar refractivity (Wildman–Crippen MR) is 65.1 cm³/mol. The average Bonchev–Trinajstić information content (AvgIpc) is 2.15. The van der Waals surface area contributed by atoms with Crippen molar-refractivity contribution in [3.8, 4) is 0 Å². The van der Waals surface area contributed by atoms with Crippen LogP contribution >= 0.6 is 15.9 Å². The smallest absolute Gasteiger partial charge is 0.0323 e. The Morgan fingerprint density at radius 3 is 2.36 bits per heavy atom. The fraction of sp³-hybridized carbons (Fsp3) is 0.500. The van der Waals surface area contributed by atoms with Gasteiger partial charge in [0.15, 0.2) is 0 Å². The van der Waals surface area contributed by atoms with Gasteiger partial charge in [-0.05, 0) is 29.5 Å². The van der Waals surface area contributed by atoms with Gasteiger partial charge in [0, 0.05) is 10.5 Å². The van der Waals surface area contributed by atoms with Crippen LogP contribution in [0.5, 0.6) is 0 Å². The van der Waals surface area contributed by atoms with Gasteiger partial charge in [-0.25, -0.2) is 0 Å². The van der Waals surface area contributed by atoms with Crippen molar-refractivity contribution < 1.29 is 0 Å². The molecule has 0 bridgehead atoms. The molecule has 0 spiro atoms. The molecule has 0 saturated heterocycles. The van der Waals surface area contributed by atoms with Crippen LogP contribution in [-0.2, 0) is 0 Å². The lowest BCUT2D eigenvalue weighted by molar-refractivity contribution is 0.352. The van der Waals surface area contributed by atoms with Crippen molar-refractivity contribution in [1.29, 1.82) is 0 Å². The van der Waals surface area contributed by atoms with E-state index in [2.05, 4.69) is 48.8 Å². The maximum absolute atomic E-state index is 6.19. The Hall–Kier alpha value is -0.340. The minimum absolute atomic E-state index is 0.132. The van der Waals surface area contributed by atoms with E-state index >= 15 is 0 Å². The van der Waals surface area contributed by atoms with Crippen molar-refractivity contribution in [1.82, 2.24) is 0 Å². The summed E-state index contributed by atoms with van der Waals surface area (Å²) in [5.41, 5.74) is 7.40. The highest BCUT2D eigenvalue weighted by molar-refractivity contribution is 9.10. The van der Waals surface area contributed by atoms with Crippen LogP contribution in [0.25, 0.3) is 0 Å². The first-order chi connectivity index (χ1) is 6.52. The van der Waals surface area contributed by atoms with Gasteiger partial charge in [0.05, 0.1) is 0 Å². The molecular formula is C12H18BrN. The predicted octanol–water partition coefficient (Wildman–Crippen LogP) is 3.74. The SMILES string of the molecule is CC(C)C(C)C(N)c1cccc(Br)c1. The summed E-state index contributed by atoms with van der Waals surface area (Å²) in [6, 6.07) is 8.38. The molecule has 2 unspecified atom stereocenters. The van der Waals surface area contributed by atoms with Gasteiger partial charge in [-0.3, -0.25) is 0 Å². The third-order valence-corrected chi connectivity index (χ3v) is 3.34. The normalized spacial score (nSPS) is 15.6. The molecule has 78 valence electrons. The number of halogens is 1. The molecule has 2 atom stereocenters. The molecule has 0 heterocycles. The Morgan fingerprint density at radius 2 is 1.86 bits per heavy atom. The van der Waals surface area contributed by atoms with Gasteiger partial charge >= 0.3 is 0 Å². The van der Waals surface area contributed by atoms with Crippen molar-refractivity contribution in [2.45, 2.75) is 26.8 Å². The van der Waals surface area contributed by atoms with Crippen LogP contribution in [0, 0.1) is 11.8 Å². The van der Waals surface area contributed by atoms with Crippen LogP contribution in [0.15, 0.2) is 28.7 Å². The maximum atomic E-state index is 6.19. The second-order valence-corrected chi connectivity index (χ2v) is 5.10.